The van der Waals surface area contributed by atoms with Crippen LogP contribution in [0, 0.1) is 6.92 Å². The number of carbonyl (C=O) groups is 1. The van der Waals surface area contributed by atoms with Gasteiger partial charge in [-0.15, -0.1) is 5.10 Å². The number of aromatic nitrogens is 3. The third kappa shape index (κ3) is 3.59. The molecule has 4 rings (SSSR count). The maximum atomic E-state index is 13.1. The minimum Gasteiger partial charge on any atom is -0.489 e. The summed E-state index contributed by atoms with van der Waals surface area (Å²) in [6, 6.07) is 8.86. The Balaban J connectivity index is 1.65. The molecule has 0 aliphatic heterocycles. The Morgan fingerprint density at radius 1 is 1.27 bits per heavy atom. The summed E-state index contributed by atoms with van der Waals surface area (Å²) in [5, 5.41) is 4.35. The summed E-state index contributed by atoms with van der Waals surface area (Å²) in [7, 11) is 0. The van der Waals surface area contributed by atoms with E-state index < -0.39 is 17.8 Å². The molecule has 3 heterocycles. The highest BCUT2D eigenvalue weighted by Gasteiger charge is 2.35. The maximum absolute atomic E-state index is 13.1. The monoisotopic (exact) mass is 416 g/mol. The zero-order chi connectivity index (χ0) is 21.5. The van der Waals surface area contributed by atoms with E-state index in [0.29, 0.717) is 16.7 Å². The number of rotatable bonds is 4. The van der Waals surface area contributed by atoms with Crippen molar-refractivity contribution in [3.8, 4) is 5.75 Å². The number of halogens is 3. The third-order valence-electron chi connectivity index (χ3n) is 4.42. The number of carbonyl (C=O) groups excluding carboxylic acids is 1. The van der Waals surface area contributed by atoms with Crippen molar-refractivity contribution in [2.24, 2.45) is 0 Å². The van der Waals surface area contributed by atoms with Gasteiger partial charge in [0.15, 0.2) is 5.69 Å². The number of fused-ring (bicyclic) bond motifs is 1. The molecule has 0 atom stereocenters. The second-order valence-corrected chi connectivity index (χ2v) is 6.48. The van der Waals surface area contributed by atoms with E-state index in [2.05, 4.69) is 10.1 Å². The van der Waals surface area contributed by atoms with Gasteiger partial charge in [-0.2, -0.15) is 13.2 Å². The predicted molar refractivity (Wildman–Crippen MR) is 101 cm³/mol. The minimum atomic E-state index is -4.59. The normalized spacial score (nSPS) is 11.7. The summed E-state index contributed by atoms with van der Waals surface area (Å²) >= 11 is 0. The number of nitrogens with zero attached hydrogens (tertiary/aromatic N) is 3. The molecule has 4 aromatic rings. The number of nitrogens with two attached hydrogens (primary N) is 1. The summed E-state index contributed by atoms with van der Waals surface area (Å²) < 4.78 is 51.6. The second-order valence-electron chi connectivity index (χ2n) is 6.48. The number of hydrogen-bond acceptors (Lipinski definition) is 6. The van der Waals surface area contributed by atoms with Crippen molar-refractivity contribution in [2.45, 2.75) is 19.7 Å². The van der Waals surface area contributed by atoms with Crippen molar-refractivity contribution >= 4 is 22.7 Å². The van der Waals surface area contributed by atoms with Crippen molar-refractivity contribution in [1.29, 1.82) is 0 Å². The molecule has 2 N–H and O–H groups in total. The van der Waals surface area contributed by atoms with Gasteiger partial charge in [-0.25, -0.2) is 4.68 Å². The Morgan fingerprint density at radius 2 is 2.07 bits per heavy atom. The van der Waals surface area contributed by atoms with Crippen LogP contribution < -0.4 is 10.5 Å². The molecule has 0 aliphatic rings. The molecule has 10 heteroatoms. The van der Waals surface area contributed by atoms with Crippen molar-refractivity contribution in [2.75, 3.05) is 5.73 Å². The molecule has 0 bridgehead atoms. The molecule has 0 amide bonds. The molecular formula is C20H15F3N4O3. The molecule has 0 saturated heterocycles. The number of aryl methyl sites for hydroxylation is 1. The second kappa shape index (κ2) is 7.21. The van der Waals surface area contributed by atoms with Crippen LogP contribution in [0.15, 0.2) is 53.2 Å². The lowest BCUT2D eigenvalue weighted by Gasteiger charge is -2.12. The Bertz CT molecular complexity index is 1240. The van der Waals surface area contributed by atoms with Crippen molar-refractivity contribution in [3.05, 3.63) is 71.4 Å². The van der Waals surface area contributed by atoms with E-state index in [0.717, 1.165) is 10.9 Å². The predicted octanol–water partition coefficient (Wildman–Crippen LogP) is 4.20. The number of benzene rings is 1. The highest BCUT2D eigenvalue weighted by atomic mass is 19.4. The molecular weight excluding hydrogens is 401 g/mol. The number of ether oxygens (including phenoxy) is 1. The van der Waals surface area contributed by atoms with E-state index in [1.54, 1.807) is 19.1 Å². The molecule has 0 radical (unpaired) electrons. The first-order chi connectivity index (χ1) is 14.2. The summed E-state index contributed by atoms with van der Waals surface area (Å²) in [5.41, 5.74) is 5.16. The summed E-state index contributed by atoms with van der Waals surface area (Å²) in [5.74, 6) is 0.378. The van der Waals surface area contributed by atoms with Gasteiger partial charge in [0, 0.05) is 29.4 Å². The van der Waals surface area contributed by atoms with Gasteiger partial charge in [-0.1, -0.05) is 6.07 Å². The topological polar surface area (TPSA) is 96.2 Å². The van der Waals surface area contributed by atoms with Crippen LogP contribution in [0.4, 0.5) is 19.0 Å². The fourth-order valence-corrected chi connectivity index (χ4v) is 3.09. The van der Waals surface area contributed by atoms with E-state index in [-0.39, 0.29) is 29.3 Å². The van der Waals surface area contributed by atoms with Crippen LogP contribution in [-0.2, 0) is 12.8 Å². The molecule has 7 nitrogen and oxygen atoms in total. The molecule has 0 aliphatic carbocycles. The third-order valence-corrected chi connectivity index (χ3v) is 4.42. The number of anilines is 1. The van der Waals surface area contributed by atoms with E-state index in [1.807, 2.05) is 0 Å². The van der Waals surface area contributed by atoms with Gasteiger partial charge < -0.3 is 14.9 Å². The summed E-state index contributed by atoms with van der Waals surface area (Å²) in [4.78, 5) is 16.2. The first-order valence-corrected chi connectivity index (χ1v) is 8.77. The van der Waals surface area contributed by atoms with Crippen molar-refractivity contribution in [3.63, 3.8) is 0 Å². The molecule has 0 unspecified atom stereocenters. The molecule has 154 valence electrons. The fourth-order valence-electron chi connectivity index (χ4n) is 3.09. The van der Waals surface area contributed by atoms with Crippen LogP contribution >= 0.6 is 0 Å². The summed E-state index contributed by atoms with van der Waals surface area (Å²) in [6.07, 6.45) is -2.08. The number of pyridine rings is 1. The van der Waals surface area contributed by atoms with Gasteiger partial charge in [-0.3, -0.25) is 9.78 Å². The SMILES string of the molecule is Cc1oc2ccc(OCc3cccnc3C(F)(F)F)cc2c1C(=O)n1ccc(N)n1. The van der Waals surface area contributed by atoms with E-state index >= 15 is 0 Å². The number of hydrogen-bond donors (Lipinski definition) is 1. The summed E-state index contributed by atoms with van der Waals surface area (Å²) in [6.45, 7) is 1.29. The van der Waals surface area contributed by atoms with Gasteiger partial charge in [0.05, 0.1) is 5.56 Å². The average molecular weight is 416 g/mol. The van der Waals surface area contributed by atoms with Crippen LogP contribution in [0.2, 0.25) is 0 Å². The van der Waals surface area contributed by atoms with E-state index in [4.69, 9.17) is 14.9 Å². The Hall–Kier alpha value is -3.82. The fraction of sp³-hybridized carbons (Fsp3) is 0.150. The minimum absolute atomic E-state index is 0.100. The Morgan fingerprint density at radius 3 is 2.77 bits per heavy atom. The average Bonchev–Trinajstić information content (AvgIpc) is 3.27. The zero-order valence-electron chi connectivity index (χ0n) is 15.6. The van der Waals surface area contributed by atoms with Gasteiger partial charge >= 0.3 is 6.18 Å². The highest BCUT2D eigenvalue weighted by Crippen LogP contribution is 2.32. The Labute approximate surface area is 167 Å². The largest absolute Gasteiger partial charge is 0.489 e. The van der Waals surface area contributed by atoms with Gasteiger partial charge in [0.2, 0.25) is 0 Å². The zero-order valence-corrected chi connectivity index (χ0v) is 15.6. The molecule has 1 aromatic carbocycles. The highest BCUT2D eigenvalue weighted by molar-refractivity contribution is 6.08. The lowest BCUT2D eigenvalue weighted by molar-refractivity contribution is -0.142. The maximum Gasteiger partial charge on any atom is 0.433 e. The smallest absolute Gasteiger partial charge is 0.433 e. The molecule has 30 heavy (non-hydrogen) atoms. The van der Waals surface area contributed by atoms with Gasteiger partial charge in [0.1, 0.15) is 29.5 Å². The van der Waals surface area contributed by atoms with Crippen LogP contribution in [0.5, 0.6) is 5.75 Å². The van der Waals surface area contributed by atoms with Crippen LogP contribution in [-0.4, -0.2) is 20.7 Å². The molecule has 0 saturated carbocycles. The van der Waals surface area contributed by atoms with Gasteiger partial charge in [0.25, 0.3) is 5.91 Å². The van der Waals surface area contributed by atoms with E-state index in [1.165, 1.54) is 30.5 Å². The molecule has 0 spiro atoms. The first-order valence-electron chi connectivity index (χ1n) is 8.77. The van der Waals surface area contributed by atoms with Crippen LogP contribution in [0.1, 0.15) is 27.4 Å². The Kier molecular flexibility index (Phi) is 4.69. The standard InChI is InChI=1S/C20H15F3N4O3/c1-11-17(19(28)27-8-6-16(24)26-27)14-9-13(4-5-15(14)30-11)29-10-12-3-2-7-25-18(12)20(21,22)23/h2-9H,10H2,1H3,(H2,24,26). The first kappa shape index (κ1) is 19.5. The lowest BCUT2D eigenvalue weighted by atomic mass is 10.1. The number of nitrogen functional groups attached to an aromatic ring is 1. The van der Waals surface area contributed by atoms with Crippen LogP contribution in [0.25, 0.3) is 11.0 Å². The quantitative estimate of drug-likeness (QED) is 0.536. The van der Waals surface area contributed by atoms with Crippen molar-refractivity contribution < 1.29 is 27.1 Å². The number of alkyl halides is 3. The van der Waals surface area contributed by atoms with Crippen molar-refractivity contribution in [1.82, 2.24) is 14.8 Å². The van der Waals surface area contributed by atoms with Crippen LogP contribution in [0.3, 0.4) is 0 Å². The molecule has 0 fully saturated rings. The van der Waals surface area contributed by atoms with Gasteiger partial charge in [-0.05, 0) is 31.2 Å². The lowest BCUT2D eigenvalue weighted by Crippen LogP contribution is -2.14. The number of furan rings is 1. The molecule has 3 aromatic heterocycles. The van der Waals surface area contributed by atoms with E-state index in [9.17, 15) is 18.0 Å².